The average Bonchev–Trinajstić information content (AvgIpc) is 3.78. The lowest BCUT2D eigenvalue weighted by Crippen LogP contribution is -2.47. The Bertz CT molecular complexity index is 1690. The molecule has 3 aliphatic rings. The van der Waals surface area contributed by atoms with Crippen molar-refractivity contribution in [3.63, 3.8) is 0 Å². The van der Waals surface area contributed by atoms with Crippen LogP contribution in [0.25, 0.3) is 11.1 Å². The summed E-state index contributed by atoms with van der Waals surface area (Å²) >= 11 is 1.60. The molecule has 6 rings (SSSR count). The van der Waals surface area contributed by atoms with Crippen LogP contribution in [0.5, 0.6) is 0 Å². The Balaban J connectivity index is 1.11. The highest BCUT2D eigenvalue weighted by Gasteiger charge is 2.33. The van der Waals surface area contributed by atoms with Crippen molar-refractivity contribution in [3.8, 4) is 11.1 Å². The molecule has 274 valence electrons. The van der Waals surface area contributed by atoms with Gasteiger partial charge in [-0.05, 0) is 59.9 Å². The third-order valence-corrected chi connectivity index (χ3v) is 11.2. The van der Waals surface area contributed by atoms with Gasteiger partial charge in [0, 0.05) is 30.4 Å². The van der Waals surface area contributed by atoms with Gasteiger partial charge in [-0.25, -0.2) is 9.59 Å². The summed E-state index contributed by atoms with van der Waals surface area (Å²) < 4.78 is 11.5. The molecule has 1 saturated heterocycles. The molecule has 11 heteroatoms. The molecular weight excluding hydrogens is 679 g/mol. The molecule has 10 nitrogen and oxygen atoms in total. The van der Waals surface area contributed by atoms with Crippen molar-refractivity contribution in [1.82, 2.24) is 15.5 Å². The number of nitrogens with zero attached hydrogens (tertiary/aromatic N) is 1. The first kappa shape index (κ1) is 37.2. The van der Waals surface area contributed by atoms with Gasteiger partial charge >= 0.3 is 12.1 Å². The highest BCUT2D eigenvalue weighted by molar-refractivity contribution is 7.98. The number of amides is 3. The van der Waals surface area contributed by atoms with E-state index in [2.05, 4.69) is 22.8 Å². The predicted molar refractivity (Wildman–Crippen MR) is 200 cm³/mol. The zero-order chi connectivity index (χ0) is 36.3. The van der Waals surface area contributed by atoms with Crippen LogP contribution in [-0.2, 0) is 29.6 Å². The number of allylic oxidation sites excluding steroid dienone is 2. The van der Waals surface area contributed by atoms with Crippen LogP contribution in [0.2, 0.25) is 0 Å². The number of alkyl carbamates (subject to hydrolysis) is 1. The maximum absolute atomic E-state index is 13.7. The quantitative estimate of drug-likeness (QED) is 0.182. The number of aliphatic hydroxyl groups is 1. The normalized spacial score (nSPS) is 22.2. The Morgan fingerprint density at radius 2 is 1.65 bits per heavy atom. The van der Waals surface area contributed by atoms with Gasteiger partial charge in [0.1, 0.15) is 19.3 Å². The van der Waals surface area contributed by atoms with E-state index in [-0.39, 0.29) is 56.4 Å². The van der Waals surface area contributed by atoms with E-state index in [4.69, 9.17) is 9.47 Å². The zero-order valence-electron chi connectivity index (χ0n) is 29.3. The lowest BCUT2D eigenvalue weighted by atomic mass is 9.98. The molecule has 0 radical (unpaired) electrons. The largest absolute Gasteiger partial charge is 0.462 e. The summed E-state index contributed by atoms with van der Waals surface area (Å²) in [5.74, 6) is -0.621. The van der Waals surface area contributed by atoms with E-state index in [0.29, 0.717) is 30.9 Å². The summed E-state index contributed by atoms with van der Waals surface area (Å²) in [7, 11) is 0. The molecule has 0 aromatic heterocycles. The van der Waals surface area contributed by atoms with Gasteiger partial charge in [0.15, 0.2) is 0 Å². The van der Waals surface area contributed by atoms with E-state index in [1.54, 1.807) is 16.7 Å². The average molecular weight is 726 g/mol. The first-order valence-corrected chi connectivity index (χ1v) is 19.3. The lowest BCUT2D eigenvalue weighted by molar-refractivity contribution is -0.147. The lowest BCUT2D eigenvalue weighted by Gasteiger charge is -2.26. The minimum Gasteiger partial charge on any atom is -0.462 e. The van der Waals surface area contributed by atoms with Gasteiger partial charge in [0.25, 0.3) is 0 Å². The van der Waals surface area contributed by atoms with Gasteiger partial charge < -0.3 is 30.1 Å². The molecule has 0 saturated carbocycles. The van der Waals surface area contributed by atoms with Crippen LogP contribution in [0, 0.1) is 5.92 Å². The first-order chi connectivity index (χ1) is 25.4. The fourth-order valence-electron chi connectivity index (χ4n) is 7.26. The summed E-state index contributed by atoms with van der Waals surface area (Å²) in [6.07, 6.45) is 5.63. The molecule has 2 heterocycles. The summed E-state index contributed by atoms with van der Waals surface area (Å²) in [5, 5.41) is 15.6. The number of aliphatic hydroxyl groups excluding tert-OH is 1. The number of rotatable bonds is 10. The monoisotopic (exact) mass is 725 g/mol. The van der Waals surface area contributed by atoms with Crippen LogP contribution >= 0.6 is 11.8 Å². The third kappa shape index (κ3) is 9.43. The molecule has 1 fully saturated rings. The minimum atomic E-state index is -0.961. The Kier molecular flexibility index (Phi) is 13.0. The number of esters is 1. The van der Waals surface area contributed by atoms with Crippen molar-refractivity contribution < 1.29 is 33.8 Å². The molecule has 3 amide bonds. The van der Waals surface area contributed by atoms with Crippen LogP contribution in [0.15, 0.2) is 91.0 Å². The molecule has 0 bridgehead atoms. The number of likely N-dealkylation sites (tertiary alicyclic amines) is 1. The standard InChI is InChI=1S/C41H47N3O7S/c45-23-31-15-11-21-44(31)38(46)22-29-14-5-2-6-20-37(40(48)50-24-30(42-39(29)47)27-52-26-28-12-3-1-4-13-28)43-41(49)51-25-36-34-18-9-7-16-32(34)33-17-8-10-19-35(33)36/h1-5,7-10,12-13,16-19,29-31,36-37,45H,6,11,14-15,20-27H2,(H,42,47)(H,43,49). The van der Waals surface area contributed by atoms with Gasteiger partial charge in [0.2, 0.25) is 11.8 Å². The molecule has 2 aliphatic heterocycles. The summed E-state index contributed by atoms with van der Waals surface area (Å²) in [5.41, 5.74) is 5.56. The molecule has 3 N–H and O–H groups in total. The first-order valence-electron chi connectivity index (χ1n) is 18.2. The number of hydrogen-bond donors (Lipinski definition) is 3. The molecule has 0 spiro atoms. The van der Waals surface area contributed by atoms with E-state index in [0.717, 1.165) is 40.7 Å². The fraction of sp³-hybridized carbons (Fsp3) is 0.415. The minimum absolute atomic E-state index is 0.0162. The smallest absolute Gasteiger partial charge is 0.407 e. The number of thioether (sulfide) groups is 1. The second-order valence-electron chi connectivity index (χ2n) is 13.6. The number of carbonyl (C=O) groups excluding carboxylic acids is 4. The van der Waals surface area contributed by atoms with Crippen molar-refractivity contribution in [2.24, 2.45) is 5.92 Å². The van der Waals surface area contributed by atoms with Crippen LogP contribution in [0.3, 0.4) is 0 Å². The third-order valence-electron chi connectivity index (χ3n) is 10.0. The Morgan fingerprint density at radius 1 is 0.942 bits per heavy atom. The van der Waals surface area contributed by atoms with E-state index in [1.165, 1.54) is 0 Å². The number of hydrogen-bond acceptors (Lipinski definition) is 8. The Morgan fingerprint density at radius 3 is 2.38 bits per heavy atom. The zero-order valence-corrected chi connectivity index (χ0v) is 30.1. The molecule has 1 aliphatic carbocycles. The van der Waals surface area contributed by atoms with Crippen LogP contribution in [0.4, 0.5) is 4.79 Å². The van der Waals surface area contributed by atoms with Crippen LogP contribution < -0.4 is 10.6 Å². The summed E-state index contributed by atoms with van der Waals surface area (Å²) in [4.78, 5) is 55.3. The van der Waals surface area contributed by atoms with Crippen molar-refractivity contribution in [2.45, 2.75) is 68.3 Å². The van der Waals surface area contributed by atoms with Gasteiger partial charge in [-0.2, -0.15) is 11.8 Å². The van der Waals surface area contributed by atoms with Crippen LogP contribution in [0.1, 0.15) is 61.1 Å². The van der Waals surface area contributed by atoms with E-state index in [9.17, 15) is 24.3 Å². The van der Waals surface area contributed by atoms with Gasteiger partial charge in [0.05, 0.1) is 24.6 Å². The van der Waals surface area contributed by atoms with Crippen molar-refractivity contribution in [3.05, 3.63) is 108 Å². The number of carbonyl (C=O) groups is 4. The highest BCUT2D eigenvalue weighted by atomic mass is 32.2. The number of fused-ring (bicyclic) bond motifs is 3. The van der Waals surface area contributed by atoms with Crippen LogP contribution in [-0.4, -0.2) is 84.1 Å². The molecule has 3 aromatic carbocycles. The molecular formula is C41H47N3O7S. The van der Waals surface area contributed by atoms with E-state index < -0.39 is 30.1 Å². The Labute approximate surface area is 309 Å². The second-order valence-corrected chi connectivity index (χ2v) is 14.6. The maximum atomic E-state index is 13.7. The van der Waals surface area contributed by atoms with E-state index in [1.807, 2.05) is 78.9 Å². The fourth-order valence-corrected chi connectivity index (χ4v) is 8.27. The Hall–Kier alpha value is -4.61. The number of benzene rings is 3. The van der Waals surface area contributed by atoms with Gasteiger partial charge in [-0.15, -0.1) is 0 Å². The SMILES string of the molecule is O=C(NC1CCC=CCC(CC(=O)N2CCCC2CO)C(=O)NC(CSCc2ccccc2)COC1=O)OCC1c2ccccc2-c2ccccc21. The molecule has 4 atom stereocenters. The van der Waals surface area contributed by atoms with Crippen molar-refractivity contribution in [2.75, 3.05) is 32.1 Å². The van der Waals surface area contributed by atoms with Gasteiger partial charge in [-0.1, -0.05) is 91.0 Å². The predicted octanol–water partition coefficient (Wildman–Crippen LogP) is 5.58. The summed E-state index contributed by atoms with van der Waals surface area (Å²) in [6, 6.07) is 24.4. The number of nitrogens with one attached hydrogen (secondary N) is 2. The second kappa shape index (κ2) is 18.2. The maximum Gasteiger partial charge on any atom is 0.407 e. The van der Waals surface area contributed by atoms with E-state index >= 15 is 0 Å². The van der Waals surface area contributed by atoms with Crippen molar-refractivity contribution in [1.29, 1.82) is 0 Å². The number of cyclic esters (lactones) is 1. The molecule has 3 aromatic rings. The van der Waals surface area contributed by atoms with Crippen molar-refractivity contribution >= 4 is 35.6 Å². The molecule has 4 unspecified atom stereocenters. The molecule has 52 heavy (non-hydrogen) atoms. The van der Waals surface area contributed by atoms with Gasteiger partial charge in [-0.3, -0.25) is 9.59 Å². The topological polar surface area (TPSA) is 134 Å². The highest BCUT2D eigenvalue weighted by Crippen LogP contribution is 2.44. The number of ether oxygens (including phenoxy) is 2. The summed E-state index contributed by atoms with van der Waals surface area (Å²) in [6.45, 7) is 0.494.